The maximum Gasteiger partial charge on any atom is 0.240 e. The molecule has 1 aliphatic heterocycles. The van der Waals surface area contributed by atoms with Gasteiger partial charge in [0, 0.05) is 45.1 Å². The zero-order chi connectivity index (χ0) is 22.0. The molecule has 0 aromatic heterocycles. The minimum atomic E-state index is -3.53. The molecule has 7 nitrogen and oxygen atoms in total. The van der Waals surface area contributed by atoms with E-state index in [2.05, 4.69) is 18.6 Å². The largest absolute Gasteiger partial charge is 0.343 e. The van der Waals surface area contributed by atoms with Crippen molar-refractivity contribution in [1.82, 2.24) is 14.5 Å². The zero-order valence-electron chi connectivity index (χ0n) is 18.2. The average Bonchev–Trinajstić information content (AvgIpc) is 2.74. The van der Waals surface area contributed by atoms with Gasteiger partial charge in [-0.3, -0.25) is 9.59 Å². The summed E-state index contributed by atoms with van der Waals surface area (Å²) in [5, 5.41) is 0. The maximum absolute atomic E-state index is 12.5. The molecule has 0 bridgehead atoms. The second-order valence-corrected chi connectivity index (χ2v) is 9.54. The predicted octanol–water partition coefficient (Wildman–Crippen LogP) is 2.77. The summed E-state index contributed by atoms with van der Waals surface area (Å²) in [7, 11) is -3.53. The second-order valence-electron chi connectivity index (χ2n) is 7.82. The van der Waals surface area contributed by atoms with Crippen LogP contribution in [-0.4, -0.2) is 62.3 Å². The van der Waals surface area contributed by atoms with Gasteiger partial charge >= 0.3 is 0 Å². The first-order valence-corrected chi connectivity index (χ1v) is 12.5. The number of sulfonamides is 1. The molecule has 0 saturated carbocycles. The minimum Gasteiger partial charge on any atom is -0.343 e. The number of piperidine rings is 1. The molecule has 0 atom stereocenters. The van der Waals surface area contributed by atoms with E-state index in [1.165, 1.54) is 0 Å². The van der Waals surface area contributed by atoms with Gasteiger partial charge in [0.25, 0.3) is 0 Å². The number of amides is 2. The molecule has 0 unspecified atom stereocenters. The lowest BCUT2D eigenvalue weighted by Crippen LogP contribution is -2.46. The number of hydrogen-bond acceptors (Lipinski definition) is 4. The number of carbonyl (C=O) groups excluding carboxylic acids is 2. The fourth-order valence-corrected chi connectivity index (χ4v) is 5.07. The predicted molar refractivity (Wildman–Crippen MR) is 117 cm³/mol. The third-order valence-corrected chi connectivity index (χ3v) is 6.88. The first-order valence-electron chi connectivity index (χ1n) is 11.0. The molecule has 1 fully saturated rings. The quantitative estimate of drug-likeness (QED) is 0.577. The molecule has 1 N–H and O–H groups in total. The normalized spacial score (nSPS) is 15.2. The van der Waals surface area contributed by atoms with Gasteiger partial charge in [-0.25, -0.2) is 13.1 Å². The highest BCUT2D eigenvalue weighted by molar-refractivity contribution is 7.89. The summed E-state index contributed by atoms with van der Waals surface area (Å²) < 4.78 is 27.6. The van der Waals surface area contributed by atoms with Crippen molar-refractivity contribution in [2.45, 2.75) is 69.7 Å². The smallest absolute Gasteiger partial charge is 0.240 e. The number of nitrogens with one attached hydrogen (secondary N) is 1. The van der Waals surface area contributed by atoms with E-state index < -0.39 is 10.0 Å². The van der Waals surface area contributed by atoms with Gasteiger partial charge in [-0.15, -0.1) is 0 Å². The van der Waals surface area contributed by atoms with E-state index in [1.54, 1.807) is 35.2 Å². The van der Waals surface area contributed by atoms with E-state index in [-0.39, 0.29) is 22.8 Å². The van der Waals surface area contributed by atoms with Crippen molar-refractivity contribution in [3.05, 3.63) is 30.3 Å². The van der Waals surface area contributed by atoms with Crippen molar-refractivity contribution in [2.75, 3.05) is 26.2 Å². The Bertz CT molecular complexity index is 769. The number of nitrogens with zero attached hydrogens (tertiary/aromatic N) is 2. The number of hydrogen-bond donors (Lipinski definition) is 1. The Kier molecular flexibility index (Phi) is 9.78. The van der Waals surface area contributed by atoms with Gasteiger partial charge in [0.05, 0.1) is 4.90 Å². The van der Waals surface area contributed by atoms with Gasteiger partial charge in [0.2, 0.25) is 21.8 Å². The molecule has 0 radical (unpaired) electrons. The molecular weight excluding hydrogens is 402 g/mol. The number of rotatable bonds is 11. The van der Waals surface area contributed by atoms with Crippen LogP contribution >= 0.6 is 0 Å². The van der Waals surface area contributed by atoms with Crippen molar-refractivity contribution >= 4 is 21.8 Å². The lowest BCUT2D eigenvalue weighted by Gasteiger charge is -2.32. The summed E-state index contributed by atoms with van der Waals surface area (Å²) in [6.45, 7) is 6.73. The summed E-state index contributed by atoms with van der Waals surface area (Å²) in [6.07, 6.45) is 4.38. The second kappa shape index (κ2) is 12.1. The number of likely N-dealkylation sites (tertiary alicyclic amines) is 1. The summed E-state index contributed by atoms with van der Waals surface area (Å²) in [4.78, 5) is 28.7. The van der Waals surface area contributed by atoms with Crippen LogP contribution in [0.25, 0.3) is 0 Å². The lowest BCUT2D eigenvalue weighted by molar-refractivity contribution is -0.133. The summed E-state index contributed by atoms with van der Waals surface area (Å²) in [5.74, 6) is 0.172. The monoisotopic (exact) mass is 437 g/mol. The van der Waals surface area contributed by atoms with E-state index >= 15 is 0 Å². The highest BCUT2D eigenvalue weighted by atomic mass is 32.2. The fourth-order valence-electron chi connectivity index (χ4n) is 3.74. The van der Waals surface area contributed by atoms with E-state index in [9.17, 15) is 18.0 Å². The molecular formula is C22H35N3O4S. The topological polar surface area (TPSA) is 86.8 Å². The maximum atomic E-state index is 12.5. The molecule has 1 saturated heterocycles. The van der Waals surface area contributed by atoms with E-state index in [4.69, 9.17) is 0 Å². The molecule has 0 aliphatic carbocycles. The van der Waals surface area contributed by atoms with Crippen LogP contribution in [0.15, 0.2) is 35.2 Å². The lowest BCUT2D eigenvalue weighted by atomic mass is 10.1. The Morgan fingerprint density at radius 1 is 1.03 bits per heavy atom. The molecule has 1 aromatic carbocycles. The van der Waals surface area contributed by atoms with E-state index in [0.717, 1.165) is 25.9 Å². The van der Waals surface area contributed by atoms with Crippen molar-refractivity contribution < 1.29 is 18.0 Å². The summed E-state index contributed by atoms with van der Waals surface area (Å²) in [5.41, 5.74) is 0. The highest BCUT2D eigenvalue weighted by Gasteiger charge is 2.26. The average molecular weight is 438 g/mol. The Hall–Kier alpha value is -1.93. The van der Waals surface area contributed by atoms with Crippen molar-refractivity contribution in [3.63, 3.8) is 0 Å². The highest BCUT2D eigenvalue weighted by Crippen LogP contribution is 2.16. The molecule has 168 valence electrons. The van der Waals surface area contributed by atoms with Crippen LogP contribution in [0.2, 0.25) is 0 Å². The van der Waals surface area contributed by atoms with Crippen molar-refractivity contribution in [1.29, 1.82) is 0 Å². The Morgan fingerprint density at radius 2 is 1.63 bits per heavy atom. The van der Waals surface area contributed by atoms with Crippen LogP contribution in [0.4, 0.5) is 0 Å². The minimum absolute atomic E-state index is 0.0460. The number of carbonyl (C=O) groups is 2. The van der Waals surface area contributed by atoms with Gasteiger partial charge in [0.15, 0.2) is 0 Å². The first-order chi connectivity index (χ1) is 14.4. The molecule has 1 heterocycles. The standard InChI is InChI=1S/C22H35N3O4S/c1-3-15-24(16-4-2)21(26)11-8-12-22(27)25-17-13-19(14-18-25)23-30(28,29)20-9-6-5-7-10-20/h5-7,9-10,19,23H,3-4,8,11-18H2,1-2H3. The van der Waals surface area contributed by atoms with Gasteiger partial charge in [-0.05, 0) is 44.2 Å². The van der Waals surface area contributed by atoms with Crippen LogP contribution in [-0.2, 0) is 19.6 Å². The van der Waals surface area contributed by atoms with Gasteiger partial charge in [0.1, 0.15) is 0 Å². The number of benzene rings is 1. The summed E-state index contributed by atoms with van der Waals surface area (Å²) in [6, 6.07) is 8.16. The van der Waals surface area contributed by atoms with Gasteiger partial charge in [-0.2, -0.15) is 0 Å². The molecule has 8 heteroatoms. The van der Waals surface area contributed by atoms with E-state index in [0.29, 0.717) is 45.2 Å². The van der Waals surface area contributed by atoms with Crippen molar-refractivity contribution in [2.24, 2.45) is 0 Å². The van der Waals surface area contributed by atoms with Crippen LogP contribution in [0, 0.1) is 0 Å². The molecule has 30 heavy (non-hydrogen) atoms. The van der Waals surface area contributed by atoms with Crippen LogP contribution < -0.4 is 4.72 Å². The van der Waals surface area contributed by atoms with Crippen molar-refractivity contribution in [3.8, 4) is 0 Å². The SMILES string of the molecule is CCCN(CCC)C(=O)CCCC(=O)N1CCC(NS(=O)(=O)c2ccccc2)CC1. The zero-order valence-corrected chi connectivity index (χ0v) is 19.0. The Morgan fingerprint density at radius 3 is 2.20 bits per heavy atom. The van der Waals surface area contributed by atoms with Crippen LogP contribution in [0.5, 0.6) is 0 Å². The molecule has 2 rings (SSSR count). The Labute approximate surface area is 180 Å². The van der Waals surface area contributed by atoms with Gasteiger partial charge < -0.3 is 9.80 Å². The molecule has 1 aromatic rings. The van der Waals surface area contributed by atoms with Crippen LogP contribution in [0.1, 0.15) is 58.8 Å². The molecule has 0 spiro atoms. The van der Waals surface area contributed by atoms with Gasteiger partial charge in [-0.1, -0.05) is 32.0 Å². The Balaban J connectivity index is 1.73. The van der Waals surface area contributed by atoms with E-state index in [1.807, 2.05) is 4.90 Å². The first kappa shape index (κ1) is 24.3. The fraction of sp³-hybridized carbons (Fsp3) is 0.636. The van der Waals surface area contributed by atoms with Crippen LogP contribution in [0.3, 0.4) is 0 Å². The third-order valence-electron chi connectivity index (χ3n) is 5.34. The molecule has 2 amide bonds. The summed E-state index contributed by atoms with van der Waals surface area (Å²) >= 11 is 0. The molecule has 1 aliphatic rings. The third kappa shape index (κ3) is 7.40.